The highest BCUT2D eigenvalue weighted by molar-refractivity contribution is 6.32. The van der Waals surface area contributed by atoms with Gasteiger partial charge in [-0.3, -0.25) is 4.98 Å². The van der Waals surface area contributed by atoms with Gasteiger partial charge in [0.15, 0.2) is 5.82 Å². The summed E-state index contributed by atoms with van der Waals surface area (Å²) in [6, 6.07) is 3.46. The van der Waals surface area contributed by atoms with Crippen LogP contribution in [0.3, 0.4) is 0 Å². The highest BCUT2D eigenvalue weighted by Gasteiger charge is 2.11. The third kappa shape index (κ3) is 2.43. The number of rotatable bonds is 2. The van der Waals surface area contributed by atoms with Crippen molar-refractivity contribution in [3.63, 3.8) is 0 Å². The number of hydrogen-bond acceptors (Lipinski definition) is 4. The van der Waals surface area contributed by atoms with E-state index >= 15 is 0 Å². The topological polar surface area (TPSA) is 64.7 Å². The van der Waals surface area contributed by atoms with Crippen LogP contribution in [-0.4, -0.2) is 15.0 Å². The van der Waals surface area contributed by atoms with Gasteiger partial charge in [0.25, 0.3) is 0 Å². The first kappa shape index (κ1) is 12.0. The van der Waals surface area contributed by atoms with E-state index in [1.807, 2.05) is 13.8 Å². The fourth-order valence-electron chi connectivity index (χ4n) is 1.59. The highest BCUT2D eigenvalue weighted by Crippen LogP contribution is 2.23. The molecule has 2 aromatic heterocycles. The number of aromatic nitrogens is 3. The van der Waals surface area contributed by atoms with E-state index in [9.17, 15) is 0 Å². The molecule has 0 aromatic carbocycles. The molecule has 2 N–H and O–H groups in total. The molecule has 0 fully saturated rings. The molecule has 2 heterocycles. The molecule has 0 bridgehead atoms. The summed E-state index contributed by atoms with van der Waals surface area (Å²) in [6.45, 7) is 3.81. The van der Waals surface area contributed by atoms with Gasteiger partial charge in [-0.25, -0.2) is 9.97 Å². The maximum atomic E-state index is 6.05. The third-order valence-electron chi connectivity index (χ3n) is 2.48. The predicted octanol–water partition coefficient (Wildman–Crippen LogP) is 2.52. The Morgan fingerprint density at radius 1 is 1.35 bits per heavy atom. The normalized spacial score (nSPS) is 12.5. The molecular weight excluding hydrogens is 236 g/mol. The fourth-order valence-corrected chi connectivity index (χ4v) is 1.79. The number of halogens is 1. The van der Waals surface area contributed by atoms with Crippen molar-refractivity contribution < 1.29 is 0 Å². The van der Waals surface area contributed by atoms with Gasteiger partial charge in [0.1, 0.15) is 5.69 Å². The number of hydrogen-bond donors (Lipinski definition) is 1. The highest BCUT2D eigenvalue weighted by atomic mass is 35.5. The summed E-state index contributed by atoms with van der Waals surface area (Å²) in [4.78, 5) is 12.8. The number of nitrogens with zero attached hydrogens (tertiary/aromatic N) is 3. The van der Waals surface area contributed by atoms with Crippen LogP contribution in [0.5, 0.6) is 0 Å². The number of nitrogens with two attached hydrogens (primary N) is 1. The largest absolute Gasteiger partial charge is 0.324 e. The molecule has 1 atom stereocenters. The molecule has 0 aliphatic heterocycles. The summed E-state index contributed by atoms with van der Waals surface area (Å²) in [5, 5.41) is 0.542. The van der Waals surface area contributed by atoms with Crippen molar-refractivity contribution in [2.24, 2.45) is 5.73 Å². The summed E-state index contributed by atoms with van der Waals surface area (Å²) in [7, 11) is 0. The molecule has 0 saturated heterocycles. The standard InChI is InChI=1S/C12H13ClN4/c1-7(14)9-6-16-12(17-8(9)2)11-10(13)4-3-5-15-11/h3-7H,14H2,1-2H3. The van der Waals surface area contributed by atoms with Crippen molar-refractivity contribution in [2.45, 2.75) is 19.9 Å². The van der Waals surface area contributed by atoms with Gasteiger partial charge < -0.3 is 5.73 Å². The van der Waals surface area contributed by atoms with Crippen LogP contribution in [0.15, 0.2) is 24.5 Å². The van der Waals surface area contributed by atoms with Crippen LogP contribution in [0.4, 0.5) is 0 Å². The summed E-state index contributed by atoms with van der Waals surface area (Å²) < 4.78 is 0. The second-order valence-corrected chi connectivity index (χ2v) is 4.26. The Balaban J connectivity index is 2.49. The van der Waals surface area contributed by atoms with E-state index in [0.717, 1.165) is 11.3 Å². The summed E-state index contributed by atoms with van der Waals surface area (Å²) in [5.41, 5.74) is 8.19. The Hall–Kier alpha value is -1.52. The van der Waals surface area contributed by atoms with Gasteiger partial charge in [0.2, 0.25) is 0 Å². The molecule has 0 radical (unpaired) electrons. The molecule has 4 nitrogen and oxygen atoms in total. The van der Waals surface area contributed by atoms with Gasteiger partial charge in [-0.2, -0.15) is 0 Å². The van der Waals surface area contributed by atoms with Gasteiger partial charge in [-0.05, 0) is 26.0 Å². The zero-order valence-corrected chi connectivity index (χ0v) is 10.4. The van der Waals surface area contributed by atoms with Crippen LogP contribution < -0.4 is 5.73 Å². The van der Waals surface area contributed by atoms with E-state index in [1.54, 1.807) is 24.5 Å². The van der Waals surface area contributed by atoms with Crippen molar-refractivity contribution in [3.05, 3.63) is 40.8 Å². The van der Waals surface area contributed by atoms with Crippen LogP contribution in [0.25, 0.3) is 11.5 Å². The lowest BCUT2D eigenvalue weighted by molar-refractivity contribution is 0.790. The monoisotopic (exact) mass is 248 g/mol. The lowest BCUT2D eigenvalue weighted by Gasteiger charge is -2.09. The molecule has 0 spiro atoms. The quantitative estimate of drug-likeness (QED) is 0.887. The van der Waals surface area contributed by atoms with Crippen LogP contribution in [0, 0.1) is 6.92 Å². The first-order valence-electron chi connectivity index (χ1n) is 5.29. The second-order valence-electron chi connectivity index (χ2n) is 3.86. The smallest absolute Gasteiger partial charge is 0.179 e. The van der Waals surface area contributed by atoms with Crippen molar-refractivity contribution in [1.82, 2.24) is 15.0 Å². The Bertz CT molecular complexity index is 540. The van der Waals surface area contributed by atoms with Crippen LogP contribution >= 0.6 is 11.6 Å². The zero-order chi connectivity index (χ0) is 12.4. The van der Waals surface area contributed by atoms with E-state index < -0.39 is 0 Å². The van der Waals surface area contributed by atoms with Crippen LogP contribution in [-0.2, 0) is 0 Å². The van der Waals surface area contributed by atoms with E-state index in [-0.39, 0.29) is 6.04 Å². The van der Waals surface area contributed by atoms with Gasteiger partial charge in [0, 0.05) is 29.7 Å². The average Bonchev–Trinajstić information content (AvgIpc) is 2.29. The Morgan fingerprint density at radius 3 is 2.71 bits per heavy atom. The van der Waals surface area contributed by atoms with Crippen molar-refractivity contribution in [3.8, 4) is 11.5 Å². The van der Waals surface area contributed by atoms with Gasteiger partial charge in [-0.1, -0.05) is 11.6 Å². The molecule has 17 heavy (non-hydrogen) atoms. The first-order chi connectivity index (χ1) is 8.09. The average molecular weight is 249 g/mol. The van der Waals surface area contributed by atoms with E-state index in [4.69, 9.17) is 17.3 Å². The number of pyridine rings is 1. The molecule has 88 valence electrons. The number of aryl methyl sites for hydroxylation is 1. The lowest BCUT2D eigenvalue weighted by atomic mass is 10.1. The summed E-state index contributed by atoms with van der Waals surface area (Å²) >= 11 is 6.05. The molecule has 2 rings (SSSR count). The fraction of sp³-hybridized carbons (Fsp3) is 0.250. The minimum Gasteiger partial charge on any atom is -0.324 e. The minimum atomic E-state index is -0.0803. The molecule has 0 saturated carbocycles. The first-order valence-corrected chi connectivity index (χ1v) is 5.67. The van der Waals surface area contributed by atoms with Crippen molar-refractivity contribution in [2.75, 3.05) is 0 Å². The Morgan fingerprint density at radius 2 is 2.12 bits per heavy atom. The Kier molecular flexibility index (Phi) is 3.36. The molecule has 5 heteroatoms. The van der Waals surface area contributed by atoms with Gasteiger partial charge >= 0.3 is 0 Å². The zero-order valence-electron chi connectivity index (χ0n) is 9.68. The summed E-state index contributed by atoms with van der Waals surface area (Å²) in [5.74, 6) is 0.525. The molecule has 0 aliphatic rings. The van der Waals surface area contributed by atoms with Gasteiger partial charge in [-0.15, -0.1) is 0 Å². The lowest BCUT2D eigenvalue weighted by Crippen LogP contribution is -2.09. The molecule has 2 aromatic rings. The molecule has 1 unspecified atom stereocenters. The molecule has 0 aliphatic carbocycles. The molecular formula is C12H13ClN4. The molecule has 0 amide bonds. The Labute approximate surface area is 105 Å². The minimum absolute atomic E-state index is 0.0803. The maximum absolute atomic E-state index is 6.05. The second kappa shape index (κ2) is 4.77. The van der Waals surface area contributed by atoms with Crippen LogP contribution in [0.1, 0.15) is 24.2 Å². The third-order valence-corrected chi connectivity index (χ3v) is 2.78. The van der Waals surface area contributed by atoms with Crippen LogP contribution in [0.2, 0.25) is 5.02 Å². The van der Waals surface area contributed by atoms with Crippen molar-refractivity contribution in [1.29, 1.82) is 0 Å². The predicted molar refractivity (Wildman–Crippen MR) is 67.6 cm³/mol. The van der Waals surface area contributed by atoms with E-state index in [0.29, 0.717) is 16.5 Å². The van der Waals surface area contributed by atoms with E-state index in [2.05, 4.69) is 15.0 Å². The van der Waals surface area contributed by atoms with Gasteiger partial charge in [0.05, 0.1) is 5.02 Å². The van der Waals surface area contributed by atoms with E-state index in [1.165, 1.54) is 0 Å². The maximum Gasteiger partial charge on any atom is 0.179 e. The SMILES string of the molecule is Cc1nc(-c2ncccc2Cl)ncc1C(C)N. The van der Waals surface area contributed by atoms with Crippen molar-refractivity contribution >= 4 is 11.6 Å². The summed E-state index contributed by atoms with van der Waals surface area (Å²) in [6.07, 6.45) is 3.40.